The summed E-state index contributed by atoms with van der Waals surface area (Å²) in [6, 6.07) is 8.97. The quantitative estimate of drug-likeness (QED) is 0.610. The maximum Gasteiger partial charge on any atom is 0.321 e. The number of rotatable bonds is 8. The fraction of sp³-hybridized carbons (Fsp3) is 0.294. The first kappa shape index (κ1) is 20.9. The average molecular weight is 415 g/mol. The molecule has 0 aliphatic rings. The first-order valence-corrected chi connectivity index (χ1v) is 9.66. The largest absolute Gasteiger partial charge is 0.467 e. The third-order valence-electron chi connectivity index (χ3n) is 3.63. The minimum absolute atomic E-state index is 0.00328. The summed E-state index contributed by atoms with van der Waals surface area (Å²) in [5.74, 6) is -0.691. The van der Waals surface area contributed by atoms with E-state index in [-0.39, 0.29) is 11.4 Å². The lowest BCUT2D eigenvalue weighted by Gasteiger charge is -2.18. The second-order valence-electron chi connectivity index (χ2n) is 5.70. The first-order valence-electron chi connectivity index (χ1n) is 7.84. The van der Waals surface area contributed by atoms with Crippen LogP contribution in [0.1, 0.15) is 5.76 Å². The fourth-order valence-electron chi connectivity index (χ4n) is 2.08. The van der Waals surface area contributed by atoms with Crippen LogP contribution in [-0.2, 0) is 30.9 Å². The first-order chi connectivity index (χ1) is 12.7. The molecule has 0 atom stereocenters. The van der Waals surface area contributed by atoms with Crippen molar-refractivity contribution in [3.05, 3.63) is 53.4 Å². The number of benzene rings is 1. The molecule has 2 aromatic rings. The Bertz CT molecular complexity index is 881. The zero-order chi connectivity index (χ0) is 20.0. The third kappa shape index (κ3) is 5.81. The summed E-state index contributed by atoms with van der Waals surface area (Å²) in [4.78, 5) is 25.2. The van der Waals surface area contributed by atoms with Crippen LogP contribution in [0.2, 0.25) is 5.02 Å². The monoisotopic (exact) mass is 414 g/mol. The van der Waals surface area contributed by atoms with Gasteiger partial charge in [0.2, 0.25) is 10.0 Å². The summed E-state index contributed by atoms with van der Waals surface area (Å²) < 4.78 is 35.6. The smallest absolute Gasteiger partial charge is 0.321 e. The number of furan rings is 1. The summed E-state index contributed by atoms with van der Waals surface area (Å²) in [5.41, 5.74) is 0. The normalized spacial score (nSPS) is 11.4. The number of ether oxygens (including phenoxy) is 1. The SMILES string of the molecule is CN(Cc1ccco1)C(=O)COC(=O)CN(C)S(=O)(=O)c1ccc(Cl)cc1. The maximum atomic E-state index is 12.4. The molecule has 10 heteroatoms. The Hall–Kier alpha value is -2.36. The highest BCUT2D eigenvalue weighted by molar-refractivity contribution is 7.89. The van der Waals surface area contributed by atoms with E-state index in [2.05, 4.69) is 0 Å². The van der Waals surface area contributed by atoms with E-state index in [1.165, 1.54) is 49.5 Å². The summed E-state index contributed by atoms with van der Waals surface area (Å²) in [7, 11) is -1.09. The molecule has 0 bridgehead atoms. The highest BCUT2D eigenvalue weighted by Crippen LogP contribution is 2.17. The molecule has 0 saturated heterocycles. The van der Waals surface area contributed by atoms with E-state index < -0.39 is 35.1 Å². The standard InChI is InChI=1S/C17H19ClN2O6S/c1-19(10-14-4-3-9-25-14)16(21)12-26-17(22)11-20(2)27(23,24)15-7-5-13(18)6-8-15/h3-9H,10-12H2,1-2H3. The molecule has 0 fully saturated rings. The molecular formula is C17H19ClN2O6S. The molecule has 146 valence electrons. The van der Waals surface area contributed by atoms with Gasteiger partial charge in [-0.3, -0.25) is 9.59 Å². The van der Waals surface area contributed by atoms with Crippen LogP contribution in [0.25, 0.3) is 0 Å². The van der Waals surface area contributed by atoms with E-state index in [4.69, 9.17) is 20.8 Å². The number of halogens is 1. The van der Waals surface area contributed by atoms with Crippen LogP contribution >= 0.6 is 11.6 Å². The zero-order valence-corrected chi connectivity index (χ0v) is 16.4. The van der Waals surface area contributed by atoms with Gasteiger partial charge in [-0.15, -0.1) is 0 Å². The van der Waals surface area contributed by atoms with E-state index in [0.717, 1.165) is 4.31 Å². The number of esters is 1. The van der Waals surface area contributed by atoms with Crippen molar-refractivity contribution < 1.29 is 27.2 Å². The zero-order valence-electron chi connectivity index (χ0n) is 14.8. The van der Waals surface area contributed by atoms with Crippen molar-refractivity contribution in [3.8, 4) is 0 Å². The molecule has 8 nitrogen and oxygen atoms in total. The molecule has 0 N–H and O–H groups in total. The second-order valence-corrected chi connectivity index (χ2v) is 8.19. The van der Waals surface area contributed by atoms with Gasteiger partial charge in [0.15, 0.2) is 6.61 Å². The van der Waals surface area contributed by atoms with Gasteiger partial charge in [-0.05, 0) is 36.4 Å². The van der Waals surface area contributed by atoms with Gasteiger partial charge < -0.3 is 14.1 Å². The average Bonchev–Trinajstić information content (AvgIpc) is 3.12. The van der Waals surface area contributed by atoms with Crippen molar-refractivity contribution in [3.63, 3.8) is 0 Å². The van der Waals surface area contributed by atoms with Crippen molar-refractivity contribution in [2.75, 3.05) is 27.2 Å². The van der Waals surface area contributed by atoms with E-state index in [1.807, 2.05) is 0 Å². The number of amides is 1. The van der Waals surface area contributed by atoms with Gasteiger partial charge in [-0.1, -0.05) is 11.6 Å². The Kier molecular flexibility index (Phi) is 7.00. The van der Waals surface area contributed by atoms with Crippen molar-refractivity contribution in [2.45, 2.75) is 11.4 Å². The molecule has 0 saturated carbocycles. The molecular weight excluding hydrogens is 396 g/mol. The van der Waals surface area contributed by atoms with Crippen molar-refractivity contribution in [1.29, 1.82) is 0 Å². The topological polar surface area (TPSA) is 97.1 Å². The van der Waals surface area contributed by atoms with E-state index in [9.17, 15) is 18.0 Å². The summed E-state index contributed by atoms with van der Waals surface area (Å²) in [6.07, 6.45) is 1.49. The van der Waals surface area contributed by atoms with Crippen molar-refractivity contribution in [1.82, 2.24) is 9.21 Å². The molecule has 1 heterocycles. The van der Waals surface area contributed by atoms with Crippen LogP contribution in [0.4, 0.5) is 0 Å². The van der Waals surface area contributed by atoms with Gasteiger partial charge in [0.05, 0.1) is 17.7 Å². The number of nitrogens with zero attached hydrogens (tertiary/aromatic N) is 2. The predicted molar refractivity (Wildman–Crippen MR) is 97.4 cm³/mol. The lowest BCUT2D eigenvalue weighted by Crippen LogP contribution is -2.35. The number of hydrogen-bond acceptors (Lipinski definition) is 6. The Morgan fingerprint density at radius 3 is 2.41 bits per heavy atom. The van der Waals surface area contributed by atoms with Crippen molar-refractivity contribution in [2.24, 2.45) is 0 Å². The number of likely N-dealkylation sites (N-methyl/N-ethyl adjacent to an activating group) is 2. The van der Waals surface area contributed by atoms with Crippen LogP contribution in [0.5, 0.6) is 0 Å². The van der Waals surface area contributed by atoms with Crippen LogP contribution in [0.3, 0.4) is 0 Å². The summed E-state index contributed by atoms with van der Waals surface area (Å²) in [6.45, 7) is -0.792. The van der Waals surface area contributed by atoms with Gasteiger partial charge in [0.1, 0.15) is 12.3 Å². The van der Waals surface area contributed by atoms with Gasteiger partial charge in [0, 0.05) is 19.1 Å². The molecule has 0 spiro atoms. The van der Waals surface area contributed by atoms with Crippen LogP contribution in [0, 0.1) is 0 Å². The van der Waals surface area contributed by atoms with Gasteiger partial charge in [-0.2, -0.15) is 4.31 Å². The minimum Gasteiger partial charge on any atom is -0.467 e. The summed E-state index contributed by atoms with van der Waals surface area (Å²) >= 11 is 5.74. The molecule has 0 radical (unpaired) electrons. The molecule has 1 aromatic heterocycles. The lowest BCUT2D eigenvalue weighted by molar-refractivity contribution is -0.151. The van der Waals surface area contributed by atoms with E-state index in [1.54, 1.807) is 12.1 Å². The highest BCUT2D eigenvalue weighted by Gasteiger charge is 2.24. The van der Waals surface area contributed by atoms with Crippen molar-refractivity contribution >= 4 is 33.5 Å². The Labute approximate surface area is 162 Å². The van der Waals surface area contributed by atoms with Gasteiger partial charge in [-0.25, -0.2) is 8.42 Å². The van der Waals surface area contributed by atoms with E-state index >= 15 is 0 Å². The Balaban J connectivity index is 1.85. The summed E-state index contributed by atoms with van der Waals surface area (Å²) in [5, 5.41) is 0.396. The minimum atomic E-state index is -3.87. The fourth-order valence-corrected chi connectivity index (χ4v) is 3.32. The third-order valence-corrected chi connectivity index (χ3v) is 5.70. The van der Waals surface area contributed by atoms with Gasteiger partial charge >= 0.3 is 5.97 Å². The molecule has 0 aliphatic heterocycles. The van der Waals surface area contributed by atoms with Crippen LogP contribution in [0.15, 0.2) is 52.0 Å². The molecule has 1 amide bonds. The molecule has 27 heavy (non-hydrogen) atoms. The number of hydrogen-bond donors (Lipinski definition) is 0. The number of carbonyl (C=O) groups excluding carboxylic acids is 2. The van der Waals surface area contributed by atoms with Gasteiger partial charge in [0.25, 0.3) is 5.91 Å². The lowest BCUT2D eigenvalue weighted by atomic mass is 10.4. The Morgan fingerprint density at radius 2 is 1.81 bits per heavy atom. The van der Waals surface area contributed by atoms with Crippen LogP contribution < -0.4 is 0 Å². The second kappa shape index (κ2) is 9.03. The van der Waals surface area contributed by atoms with Crippen LogP contribution in [-0.4, -0.2) is 56.7 Å². The highest BCUT2D eigenvalue weighted by atomic mass is 35.5. The Morgan fingerprint density at radius 1 is 1.15 bits per heavy atom. The maximum absolute atomic E-state index is 12.4. The molecule has 0 aliphatic carbocycles. The number of carbonyl (C=O) groups is 2. The predicted octanol–water partition coefficient (Wildman–Crippen LogP) is 1.76. The molecule has 1 aromatic carbocycles. The van der Waals surface area contributed by atoms with E-state index in [0.29, 0.717) is 10.8 Å². The molecule has 0 unspecified atom stereocenters. The molecule has 2 rings (SSSR count). The number of sulfonamides is 1.